The first-order valence-corrected chi connectivity index (χ1v) is 10.6. The van der Waals surface area contributed by atoms with Gasteiger partial charge in [0.25, 0.3) is 11.8 Å². The molecule has 0 aliphatic carbocycles. The van der Waals surface area contributed by atoms with Gasteiger partial charge in [-0.2, -0.15) is 10.2 Å². The SMILES string of the molecule is CC(C)CNC(=O)c1c(NC(=O)c2ccn(COc3ccc(Br)cc3Cl)n2)cnn1C. The van der Waals surface area contributed by atoms with Crippen LogP contribution in [-0.2, 0) is 13.8 Å². The van der Waals surface area contributed by atoms with Crippen molar-refractivity contribution in [2.45, 2.75) is 20.6 Å². The molecule has 11 heteroatoms. The largest absolute Gasteiger partial charge is 0.470 e. The number of benzene rings is 1. The molecule has 0 radical (unpaired) electrons. The standard InChI is InChI=1S/C20H22BrClN6O3/c1-12(2)9-23-20(30)18-16(10-24-27(18)3)25-19(29)15-6-7-28(26-15)11-31-17-5-4-13(21)8-14(17)22/h4-8,10,12H,9,11H2,1-3H3,(H,23,30)(H,25,29). The summed E-state index contributed by atoms with van der Waals surface area (Å²) in [6.07, 6.45) is 3.04. The Kier molecular flexibility index (Phi) is 7.34. The van der Waals surface area contributed by atoms with Crippen molar-refractivity contribution in [2.75, 3.05) is 11.9 Å². The van der Waals surface area contributed by atoms with E-state index in [0.717, 1.165) is 4.47 Å². The number of carbonyl (C=O) groups excluding carboxylic acids is 2. The molecule has 2 amide bonds. The molecule has 2 heterocycles. The average molecular weight is 510 g/mol. The van der Waals surface area contributed by atoms with Crippen molar-refractivity contribution in [3.63, 3.8) is 0 Å². The number of halogens is 2. The fourth-order valence-electron chi connectivity index (χ4n) is 2.65. The highest BCUT2D eigenvalue weighted by Crippen LogP contribution is 2.27. The van der Waals surface area contributed by atoms with E-state index in [2.05, 4.69) is 36.8 Å². The van der Waals surface area contributed by atoms with E-state index in [4.69, 9.17) is 16.3 Å². The minimum atomic E-state index is -0.466. The highest BCUT2D eigenvalue weighted by Gasteiger charge is 2.20. The molecule has 3 aromatic rings. The summed E-state index contributed by atoms with van der Waals surface area (Å²) in [6.45, 7) is 4.59. The number of ether oxygens (including phenoxy) is 1. The summed E-state index contributed by atoms with van der Waals surface area (Å²) in [6, 6.07) is 6.82. The Balaban J connectivity index is 1.64. The van der Waals surface area contributed by atoms with Gasteiger partial charge in [0.15, 0.2) is 12.4 Å². The molecule has 31 heavy (non-hydrogen) atoms. The molecule has 0 saturated heterocycles. The third-order valence-electron chi connectivity index (χ3n) is 4.19. The van der Waals surface area contributed by atoms with E-state index in [1.807, 2.05) is 19.9 Å². The lowest BCUT2D eigenvalue weighted by atomic mass is 10.2. The van der Waals surface area contributed by atoms with E-state index in [1.54, 1.807) is 31.4 Å². The van der Waals surface area contributed by atoms with Crippen LogP contribution in [0.25, 0.3) is 0 Å². The summed E-state index contributed by atoms with van der Waals surface area (Å²) < 4.78 is 9.36. The Morgan fingerprint density at radius 3 is 2.74 bits per heavy atom. The number of rotatable bonds is 8. The van der Waals surface area contributed by atoms with Crippen LogP contribution >= 0.6 is 27.5 Å². The van der Waals surface area contributed by atoms with Gasteiger partial charge in [0.2, 0.25) is 0 Å². The molecule has 0 saturated carbocycles. The highest BCUT2D eigenvalue weighted by atomic mass is 79.9. The number of carbonyl (C=O) groups is 2. The number of anilines is 1. The number of aryl methyl sites for hydroxylation is 1. The first-order valence-electron chi connectivity index (χ1n) is 9.47. The maximum Gasteiger partial charge on any atom is 0.276 e. The van der Waals surface area contributed by atoms with Gasteiger partial charge in [-0.05, 0) is 30.2 Å². The summed E-state index contributed by atoms with van der Waals surface area (Å²) in [5.41, 5.74) is 0.741. The first-order chi connectivity index (χ1) is 14.7. The van der Waals surface area contributed by atoms with Gasteiger partial charge < -0.3 is 15.4 Å². The van der Waals surface area contributed by atoms with Crippen LogP contribution in [0.3, 0.4) is 0 Å². The van der Waals surface area contributed by atoms with Gasteiger partial charge in [-0.1, -0.05) is 41.4 Å². The molecule has 0 fully saturated rings. The second-order valence-electron chi connectivity index (χ2n) is 7.18. The molecule has 0 aliphatic rings. The zero-order valence-electron chi connectivity index (χ0n) is 17.2. The zero-order valence-corrected chi connectivity index (χ0v) is 19.6. The van der Waals surface area contributed by atoms with Gasteiger partial charge in [0, 0.05) is 24.3 Å². The quantitative estimate of drug-likeness (QED) is 0.482. The molecular formula is C20H22BrClN6O3. The van der Waals surface area contributed by atoms with Crippen LogP contribution in [0.2, 0.25) is 5.02 Å². The topological polar surface area (TPSA) is 103 Å². The van der Waals surface area contributed by atoms with Crippen LogP contribution in [0.4, 0.5) is 5.69 Å². The molecular weight excluding hydrogens is 488 g/mol. The summed E-state index contributed by atoms with van der Waals surface area (Å²) in [7, 11) is 1.64. The Hall–Kier alpha value is -2.85. The van der Waals surface area contributed by atoms with Crippen LogP contribution in [-0.4, -0.2) is 37.9 Å². The maximum atomic E-state index is 12.6. The molecule has 0 spiro atoms. The average Bonchev–Trinajstić information content (AvgIpc) is 3.32. The van der Waals surface area contributed by atoms with Crippen molar-refractivity contribution in [3.05, 3.63) is 57.5 Å². The Labute approximate surface area is 192 Å². The summed E-state index contributed by atoms with van der Waals surface area (Å²) >= 11 is 9.47. The predicted octanol–water partition coefficient (Wildman–Crippen LogP) is 3.71. The third kappa shape index (κ3) is 5.86. The summed E-state index contributed by atoms with van der Waals surface area (Å²) in [5.74, 6) is 0.0214. The van der Waals surface area contributed by atoms with E-state index in [1.165, 1.54) is 15.6 Å². The Morgan fingerprint density at radius 1 is 1.26 bits per heavy atom. The summed E-state index contributed by atoms with van der Waals surface area (Å²) in [5, 5.41) is 14.3. The van der Waals surface area contributed by atoms with Crippen molar-refractivity contribution >= 4 is 45.0 Å². The molecule has 0 unspecified atom stereocenters. The van der Waals surface area contributed by atoms with Crippen LogP contribution in [0, 0.1) is 5.92 Å². The lowest BCUT2D eigenvalue weighted by molar-refractivity contribution is 0.0940. The van der Waals surface area contributed by atoms with Crippen molar-refractivity contribution in [1.82, 2.24) is 24.9 Å². The fraction of sp³-hybridized carbons (Fsp3) is 0.300. The smallest absolute Gasteiger partial charge is 0.276 e. The van der Waals surface area contributed by atoms with Crippen molar-refractivity contribution in [2.24, 2.45) is 13.0 Å². The van der Waals surface area contributed by atoms with Gasteiger partial charge in [0.1, 0.15) is 11.4 Å². The molecule has 1 aromatic carbocycles. The number of nitrogens with one attached hydrogen (secondary N) is 2. The van der Waals surface area contributed by atoms with E-state index in [-0.39, 0.29) is 24.0 Å². The van der Waals surface area contributed by atoms with E-state index in [0.29, 0.717) is 28.9 Å². The van der Waals surface area contributed by atoms with Gasteiger partial charge >= 0.3 is 0 Å². The number of hydrogen-bond donors (Lipinski definition) is 2. The molecule has 0 bridgehead atoms. The zero-order chi connectivity index (χ0) is 22.5. The van der Waals surface area contributed by atoms with Crippen LogP contribution in [0.15, 0.2) is 41.1 Å². The number of amides is 2. The molecule has 0 aliphatic heterocycles. The van der Waals surface area contributed by atoms with Crippen LogP contribution in [0.1, 0.15) is 34.8 Å². The molecule has 164 valence electrons. The molecule has 2 N–H and O–H groups in total. The Bertz CT molecular complexity index is 1090. The van der Waals surface area contributed by atoms with Gasteiger partial charge in [0.05, 0.1) is 16.9 Å². The second-order valence-corrected chi connectivity index (χ2v) is 8.50. The van der Waals surface area contributed by atoms with Gasteiger partial charge in [-0.25, -0.2) is 4.68 Å². The number of hydrogen-bond acceptors (Lipinski definition) is 5. The highest BCUT2D eigenvalue weighted by molar-refractivity contribution is 9.10. The number of aromatic nitrogens is 4. The minimum absolute atomic E-state index is 0.0738. The maximum absolute atomic E-state index is 12.6. The second kappa shape index (κ2) is 9.97. The van der Waals surface area contributed by atoms with Crippen molar-refractivity contribution < 1.29 is 14.3 Å². The van der Waals surface area contributed by atoms with Crippen LogP contribution in [0.5, 0.6) is 5.75 Å². The first kappa shape index (κ1) is 22.8. The monoisotopic (exact) mass is 508 g/mol. The lowest BCUT2D eigenvalue weighted by Crippen LogP contribution is -2.30. The minimum Gasteiger partial charge on any atom is -0.470 e. The molecule has 3 rings (SSSR count). The van der Waals surface area contributed by atoms with E-state index in [9.17, 15) is 9.59 Å². The number of nitrogens with zero attached hydrogens (tertiary/aromatic N) is 4. The normalized spacial score (nSPS) is 10.9. The fourth-order valence-corrected chi connectivity index (χ4v) is 3.38. The van der Waals surface area contributed by atoms with E-state index >= 15 is 0 Å². The predicted molar refractivity (Wildman–Crippen MR) is 120 cm³/mol. The lowest BCUT2D eigenvalue weighted by Gasteiger charge is -2.10. The van der Waals surface area contributed by atoms with Crippen molar-refractivity contribution in [3.8, 4) is 5.75 Å². The van der Waals surface area contributed by atoms with Crippen molar-refractivity contribution in [1.29, 1.82) is 0 Å². The van der Waals surface area contributed by atoms with Crippen LogP contribution < -0.4 is 15.4 Å². The Morgan fingerprint density at radius 2 is 2.03 bits per heavy atom. The van der Waals surface area contributed by atoms with E-state index < -0.39 is 5.91 Å². The summed E-state index contributed by atoms with van der Waals surface area (Å²) in [4.78, 5) is 25.1. The van der Waals surface area contributed by atoms with Gasteiger partial charge in [-0.3, -0.25) is 14.3 Å². The molecule has 9 nitrogen and oxygen atoms in total. The third-order valence-corrected chi connectivity index (χ3v) is 4.98. The van der Waals surface area contributed by atoms with Gasteiger partial charge in [-0.15, -0.1) is 0 Å². The molecule has 0 atom stereocenters. The molecule has 2 aromatic heterocycles.